The van der Waals surface area contributed by atoms with Gasteiger partial charge in [0.05, 0.1) is 28.2 Å². The summed E-state index contributed by atoms with van der Waals surface area (Å²) < 4.78 is 3.24. The summed E-state index contributed by atoms with van der Waals surface area (Å²) in [6, 6.07) is 18.2. The second-order valence-electron chi connectivity index (χ2n) is 4.62. The Morgan fingerprint density at radius 2 is 1.75 bits per heavy atom. The van der Waals surface area contributed by atoms with Gasteiger partial charge in [0, 0.05) is 5.56 Å². The third-order valence-corrected chi connectivity index (χ3v) is 4.47. The van der Waals surface area contributed by atoms with Crippen LogP contribution in [0.5, 0.6) is 0 Å². The van der Waals surface area contributed by atoms with Crippen molar-refractivity contribution >= 4 is 26.5 Å². The van der Waals surface area contributed by atoms with Crippen molar-refractivity contribution in [1.82, 2.24) is 9.38 Å². The van der Waals surface area contributed by atoms with Crippen LogP contribution in [-0.2, 0) is 6.61 Å². The number of aromatic nitrogens is 2. The van der Waals surface area contributed by atoms with Gasteiger partial charge in [0.15, 0.2) is 4.96 Å². The zero-order valence-electron chi connectivity index (χ0n) is 10.7. The Hall–Kier alpha value is -2.17. The number of thiazole rings is 1. The molecule has 20 heavy (non-hydrogen) atoms. The van der Waals surface area contributed by atoms with Crippen LogP contribution in [0, 0.1) is 0 Å². The first-order valence-corrected chi connectivity index (χ1v) is 7.25. The minimum atomic E-state index is -0.0217. The van der Waals surface area contributed by atoms with Gasteiger partial charge in [-0.2, -0.15) is 0 Å². The third-order valence-electron chi connectivity index (χ3n) is 3.45. The number of nitrogens with zero attached hydrogens (tertiary/aromatic N) is 2. The van der Waals surface area contributed by atoms with E-state index in [9.17, 15) is 5.11 Å². The smallest absolute Gasteiger partial charge is 0.195 e. The first-order valence-electron chi connectivity index (χ1n) is 6.43. The lowest BCUT2D eigenvalue weighted by atomic mass is 10.1. The highest BCUT2D eigenvalue weighted by molar-refractivity contribution is 7.23. The second-order valence-corrected chi connectivity index (χ2v) is 5.63. The highest BCUT2D eigenvalue weighted by Crippen LogP contribution is 2.32. The highest BCUT2D eigenvalue weighted by Gasteiger charge is 2.16. The number of hydrogen-bond acceptors (Lipinski definition) is 3. The van der Waals surface area contributed by atoms with Crippen LogP contribution in [-0.4, -0.2) is 14.5 Å². The van der Waals surface area contributed by atoms with Gasteiger partial charge in [0.2, 0.25) is 0 Å². The summed E-state index contributed by atoms with van der Waals surface area (Å²) in [7, 11) is 0. The summed E-state index contributed by atoms with van der Waals surface area (Å²) in [5.74, 6) is 0. The molecule has 2 aromatic heterocycles. The van der Waals surface area contributed by atoms with E-state index in [4.69, 9.17) is 4.98 Å². The van der Waals surface area contributed by atoms with E-state index in [0.29, 0.717) is 0 Å². The molecule has 2 heterocycles. The maximum atomic E-state index is 9.79. The fraction of sp³-hybridized carbons (Fsp3) is 0.0625. The zero-order valence-corrected chi connectivity index (χ0v) is 11.5. The van der Waals surface area contributed by atoms with Crippen LogP contribution in [0.1, 0.15) is 5.69 Å². The maximum Gasteiger partial charge on any atom is 0.195 e. The van der Waals surface area contributed by atoms with Crippen molar-refractivity contribution in [2.45, 2.75) is 6.61 Å². The first-order chi connectivity index (χ1) is 9.88. The molecular formula is C16H12N2OS. The molecule has 0 atom stereocenters. The van der Waals surface area contributed by atoms with E-state index in [1.807, 2.05) is 42.5 Å². The van der Waals surface area contributed by atoms with E-state index in [2.05, 4.69) is 16.5 Å². The lowest BCUT2D eigenvalue weighted by Gasteiger charge is -2.01. The normalized spacial score (nSPS) is 11.4. The largest absolute Gasteiger partial charge is 0.390 e. The van der Waals surface area contributed by atoms with Gasteiger partial charge in [-0.25, -0.2) is 4.98 Å². The minimum Gasteiger partial charge on any atom is -0.390 e. The van der Waals surface area contributed by atoms with Gasteiger partial charge in [-0.1, -0.05) is 53.8 Å². The molecule has 0 unspecified atom stereocenters. The SMILES string of the molecule is OCc1c(-c2ccccc2)nc2sc3ccccc3n12. The van der Waals surface area contributed by atoms with Crippen molar-refractivity contribution < 1.29 is 5.11 Å². The Morgan fingerprint density at radius 3 is 2.55 bits per heavy atom. The monoisotopic (exact) mass is 280 g/mol. The predicted octanol–water partition coefficient (Wildman–Crippen LogP) is 3.71. The van der Waals surface area contributed by atoms with Crippen LogP contribution in [0.25, 0.3) is 26.4 Å². The van der Waals surface area contributed by atoms with Crippen molar-refractivity contribution in [3.8, 4) is 11.3 Å². The molecule has 0 amide bonds. The van der Waals surface area contributed by atoms with E-state index < -0.39 is 0 Å². The first kappa shape index (κ1) is 11.6. The van der Waals surface area contributed by atoms with Crippen molar-refractivity contribution in [3.05, 3.63) is 60.3 Å². The maximum absolute atomic E-state index is 9.79. The van der Waals surface area contributed by atoms with Crippen LogP contribution in [0.4, 0.5) is 0 Å². The van der Waals surface area contributed by atoms with Gasteiger partial charge in [0.25, 0.3) is 0 Å². The fourth-order valence-electron chi connectivity index (χ4n) is 2.55. The van der Waals surface area contributed by atoms with Crippen molar-refractivity contribution in [3.63, 3.8) is 0 Å². The van der Waals surface area contributed by atoms with Crippen LogP contribution in [0.2, 0.25) is 0 Å². The van der Waals surface area contributed by atoms with Gasteiger partial charge in [-0.05, 0) is 12.1 Å². The molecule has 0 saturated heterocycles. The van der Waals surface area contributed by atoms with Gasteiger partial charge in [0.1, 0.15) is 0 Å². The Bertz CT molecular complexity index is 893. The Kier molecular flexibility index (Phi) is 2.58. The molecular weight excluding hydrogens is 268 g/mol. The molecule has 0 bridgehead atoms. The van der Waals surface area contributed by atoms with E-state index in [1.165, 1.54) is 4.70 Å². The van der Waals surface area contributed by atoms with Crippen LogP contribution in [0.15, 0.2) is 54.6 Å². The number of hydrogen-bond donors (Lipinski definition) is 1. The number of fused-ring (bicyclic) bond motifs is 3. The van der Waals surface area contributed by atoms with Gasteiger partial charge in [-0.3, -0.25) is 4.40 Å². The minimum absolute atomic E-state index is 0.0217. The van der Waals surface area contributed by atoms with E-state index in [-0.39, 0.29) is 6.61 Å². The molecule has 0 aliphatic rings. The standard InChI is InChI=1S/C16H12N2OS/c19-10-13-15(11-6-2-1-3-7-11)17-16-18(13)12-8-4-5-9-14(12)20-16/h1-9,19H,10H2. The van der Waals surface area contributed by atoms with Crippen molar-refractivity contribution in [1.29, 1.82) is 0 Å². The predicted molar refractivity (Wildman–Crippen MR) is 81.9 cm³/mol. The highest BCUT2D eigenvalue weighted by atomic mass is 32.1. The van der Waals surface area contributed by atoms with Crippen molar-refractivity contribution in [2.24, 2.45) is 0 Å². The van der Waals surface area contributed by atoms with Crippen LogP contribution < -0.4 is 0 Å². The lowest BCUT2D eigenvalue weighted by Crippen LogP contribution is -1.93. The molecule has 0 aliphatic carbocycles. The second kappa shape index (κ2) is 4.44. The summed E-state index contributed by atoms with van der Waals surface area (Å²) in [5.41, 5.74) is 3.86. The molecule has 0 aliphatic heterocycles. The number of aliphatic hydroxyl groups excluding tert-OH is 1. The molecule has 4 heteroatoms. The zero-order chi connectivity index (χ0) is 13.5. The molecule has 3 nitrogen and oxygen atoms in total. The molecule has 0 saturated carbocycles. The molecule has 2 aromatic carbocycles. The number of benzene rings is 2. The number of aliphatic hydroxyl groups is 1. The Labute approximate surface area is 119 Å². The summed E-state index contributed by atoms with van der Waals surface area (Å²) in [4.78, 5) is 5.64. The third kappa shape index (κ3) is 1.59. The molecule has 0 fully saturated rings. The van der Waals surface area contributed by atoms with E-state index >= 15 is 0 Å². The quantitative estimate of drug-likeness (QED) is 0.608. The van der Waals surface area contributed by atoms with Crippen LogP contribution in [0.3, 0.4) is 0 Å². The summed E-state index contributed by atoms with van der Waals surface area (Å²) in [5, 5.41) is 9.79. The Morgan fingerprint density at radius 1 is 1.00 bits per heavy atom. The molecule has 1 N–H and O–H groups in total. The van der Waals surface area contributed by atoms with Gasteiger partial charge in [-0.15, -0.1) is 0 Å². The van der Waals surface area contributed by atoms with Crippen molar-refractivity contribution in [2.75, 3.05) is 0 Å². The topological polar surface area (TPSA) is 37.5 Å². The summed E-state index contributed by atoms with van der Waals surface area (Å²) in [6.45, 7) is -0.0217. The van der Waals surface area contributed by atoms with Gasteiger partial charge < -0.3 is 5.11 Å². The van der Waals surface area contributed by atoms with E-state index in [0.717, 1.165) is 27.4 Å². The molecule has 0 radical (unpaired) electrons. The number of rotatable bonds is 2. The summed E-state index contributed by atoms with van der Waals surface area (Å²) in [6.07, 6.45) is 0. The molecule has 4 rings (SSSR count). The molecule has 0 spiro atoms. The Balaban J connectivity index is 2.09. The van der Waals surface area contributed by atoms with E-state index in [1.54, 1.807) is 11.3 Å². The average molecular weight is 280 g/mol. The summed E-state index contributed by atoms with van der Waals surface area (Å²) >= 11 is 1.65. The average Bonchev–Trinajstić information content (AvgIpc) is 3.03. The molecule has 4 aromatic rings. The van der Waals surface area contributed by atoms with Gasteiger partial charge >= 0.3 is 0 Å². The molecule has 98 valence electrons. The number of para-hydroxylation sites is 1. The fourth-order valence-corrected chi connectivity index (χ4v) is 3.59. The van der Waals surface area contributed by atoms with Crippen LogP contribution >= 0.6 is 11.3 Å². The number of imidazole rings is 1. The lowest BCUT2D eigenvalue weighted by molar-refractivity contribution is 0.277.